The van der Waals surface area contributed by atoms with Gasteiger partial charge in [0.25, 0.3) is 0 Å². The Labute approximate surface area is 104 Å². The first-order valence-corrected chi connectivity index (χ1v) is 6.18. The number of rotatable bonds is 3. The second-order valence-corrected chi connectivity index (χ2v) is 5.40. The molecule has 84 valence electrons. The van der Waals surface area contributed by atoms with E-state index in [9.17, 15) is 0 Å². The fourth-order valence-electron chi connectivity index (χ4n) is 1.58. The maximum absolute atomic E-state index is 5.92. The van der Waals surface area contributed by atoms with Crippen molar-refractivity contribution in [1.29, 1.82) is 0 Å². The van der Waals surface area contributed by atoms with Crippen LogP contribution in [0, 0.1) is 6.92 Å². The molecule has 0 saturated carbocycles. The lowest BCUT2D eigenvalue weighted by molar-refractivity contribution is 0.646. The number of hydrazine groups is 1. The second kappa shape index (κ2) is 4.97. The summed E-state index contributed by atoms with van der Waals surface area (Å²) in [6.45, 7) is 2.07. The van der Waals surface area contributed by atoms with Crippen molar-refractivity contribution in [2.45, 2.75) is 13.0 Å². The van der Waals surface area contributed by atoms with E-state index in [2.05, 4.69) is 36.6 Å². The summed E-state index contributed by atoms with van der Waals surface area (Å²) in [7, 11) is 0. The van der Waals surface area contributed by atoms with E-state index in [1.165, 1.54) is 5.56 Å². The maximum atomic E-state index is 5.92. The van der Waals surface area contributed by atoms with E-state index in [0.717, 1.165) is 14.8 Å². The lowest BCUT2D eigenvalue weighted by Gasteiger charge is -2.14. The van der Waals surface area contributed by atoms with E-state index >= 15 is 0 Å². The molecule has 1 aromatic carbocycles. The number of hydrogen-bond acceptors (Lipinski definition) is 3. The van der Waals surface area contributed by atoms with Gasteiger partial charge in [-0.3, -0.25) is 5.84 Å². The third-order valence-electron chi connectivity index (χ3n) is 2.46. The molecule has 16 heavy (non-hydrogen) atoms. The van der Waals surface area contributed by atoms with Crippen molar-refractivity contribution < 1.29 is 0 Å². The van der Waals surface area contributed by atoms with Crippen LogP contribution in [0.5, 0.6) is 0 Å². The van der Waals surface area contributed by atoms with E-state index in [1.54, 1.807) is 11.3 Å². The number of benzene rings is 1. The Hall–Kier alpha value is -0.870. The van der Waals surface area contributed by atoms with Crippen LogP contribution in [-0.4, -0.2) is 0 Å². The van der Waals surface area contributed by atoms with Crippen molar-refractivity contribution in [3.63, 3.8) is 0 Å². The molecule has 2 nitrogen and oxygen atoms in total. The topological polar surface area (TPSA) is 38.0 Å². The summed E-state index contributed by atoms with van der Waals surface area (Å²) in [6.07, 6.45) is 0. The molecule has 0 saturated heterocycles. The zero-order valence-electron chi connectivity index (χ0n) is 8.91. The summed E-state index contributed by atoms with van der Waals surface area (Å²) < 4.78 is 0.780. The lowest BCUT2D eigenvalue weighted by Crippen LogP contribution is -2.28. The summed E-state index contributed by atoms with van der Waals surface area (Å²) in [4.78, 5) is 1.12. The first-order valence-electron chi connectivity index (χ1n) is 4.98. The molecule has 3 N–H and O–H groups in total. The van der Waals surface area contributed by atoms with Crippen LogP contribution in [0.4, 0.5) is 0 Å². The fourth-order valence-corrected chi connectivity index (χ4v) is 2.73. The Kier molecular flexibility index (Phi) is 3.61. The Morgan fingerprint density at radius 2 is 1.88 bits per heavy atom. The molecule has 0 amide bonds. The van der Waals surface area contributed by atoms with Crippen molar-refractivity contribution in [3.8, 4) is 0 Å². The Bertz CT molecular complexity index is 464. The third kappa shape index (κ3) is 2.44. The molecule has 0 spiro atoms. The molecule has 0 fully saturated rings. The van der Waals surface area contributed by atoms with Crippen LogP contribution in [0.15, 0.2) is 36.4 Å². The lowest BCUT2D eigenvalue weighted by atomic mass is 10.0. The van der Waals surface area contributed by atoms with Crippen LogP contribution in [0.1, 0.15) is 22.0 Å². The van der Waals surface area contributed by atoms with Gasteiger partial charge in [-0.2, -0.15) is 0 Å². The number of hydrogen-bond donors (Lipinski definition) is 2. The van der Waals surface area contributed by atoms with Gasteiger partial charge < -0.3 is 0 Å². The number of nitrogens with two attached hydrogens (primary N) is 1. The third-order valence-corrected chi connectivity index (χ3v) is 3.75. The van der Waals surface area contributed by atoms with Gasteiger partial charge in [0, 0.05) is 4.88 Å². The van der Waals surface area contributed by atoms with Gasteiger partial charge >= 0.3 is 0 Å². The van der Waals surface area contributed by atoms with Crippen LogP contribution < -0.4 is 11.3 Å². The van der Waals surface area contributed by atoms with Crippen LogP contribution in [0.2, 0.25) is 4.34 Å². The molecule has 0 aliphatic carbocycles. The zero-order valence-corrected chi connectivity index (χ0v) is 10.5. The average molecular weight is 253 g/mol. The van der Waals surface area contributed by atoms with Crippen molar-refractivity contribution in [2.75, 3.05) is 0 Å². The highest BCUT2D eigenvalue weighted by atomic mass is 35.5. The van der Waals surface area contributed by atoms with Gasteiger partial charge in [0.1, 0.15) is 0 Å². The molecule has 1 heterocycles. The molecule has 1 atom stereocenters. The van der Waals surface area contributed by atoms with Crippen LogP contribution in [0.25, 0.3) is 0 Å². The largest absolute Gasteiger partial charge is 0.271 e. The number of aryl methyl sites for hydroxylation is 1. The second-order valence-electron chi connectivity index (χ2n) is 3.65. The van der Waals surface area contributed by atoms with Gasteiger partial charge in [-0.15, -0.1) is 11.3 Å². The van der Waals surface area contributed by atoms with Gasteiger partial charge in [0.2, 0.25) is 0 Å². The highest BCUT2D eigenvalue weighted by Crippen LogP contribution is 2.30. The minimum Gasteiger partial charge on any atom is -0.271 e. The van der Waals surface area contributed by atoms with Crippen LogP contribution in [-0.2, 0) is 0 Å². The Morgan fingerprint density at radius 1 is 1.19 bits per heavy atom. The Morgan fingerprint density at radius 3 is 2.38 bits per heavy atom. The van der Waals surface area contributed by atoms with Crippen molar-refractivity contribution in [2.24, 2.45) is 5.84 Å². The molecule has 1 aromatic heterocycles. The minimum atomic E-state index is 0.0121. The number of nitrogens with one attached hydrogen (secondary N) is 1. The van der Waals surface area contributed by atoms with Gasteiger partial charge in [0.05, 0.1) is 10.4 Å². The van der Waals surface area contributed by atoms with Gasteiger partial charge in [-0.05, 0) is 24.6 Å². The van der Waals surface area contributed by atoms with Crippen LogP contribution >= 0.6 is 22.9 Å². The molecule has 1 unspecified atom stereocenters. The zero-order chi connectivity index (χ0) is 11.5. The van der Waals surface area contributed by atoms with Crippen molar-refractivity contribution in [1.82, 2.24) is 5.43 Å². The maximum Gasteiger partial charge on any atom is 0.0931 e. The predicted octanol–water partition coefficient (Wildman–Crippen LogP) is 3.26. The molecule has 0 radical (unpaired) electrons. The summed E-state index contributed by atoms with van der Waals surface area (Å²) >= 11 is 7.47. The molecule has 4 heteroatoms. The fraction of sp³-hybridized carbons (Fsp3) is 0.167. The van der Waals surface area contributed by atoms with Crippen molar-refractivity contribution >= 4 is 22.9 Å². The SMILES string of the molecule is Cc1ccc(C(NN)c2ccc(Cl)s2)cc1. The first kappa shape index (κ1) is 11.6. The normalized spacial score (nSPS) is 12.7. The van der Waals surface area contributed by atoms with Crippen LogP contribution in [0.3, 0.4) is 0 Å². The Balaban J connectivity index is 2.32. The summed E-state index contributed by atoms with van der Waals surface area (Å²) in [5.74, 6) is 5.60. The smallest absolute Gasteiger partial charge is 0.0931 e. The first-order chi connectivity index (χ1) is 7.70. The van der Waals surface area contributed by atoms with E-state index in [1.807, 2.05) is 12.1 Å². The van der Waals surface area contributed by atoms with Gasteiger partial charge in [0.15, 0.2) is 0 Å². The molecule has 2 aromatic rings. The minimum absolute atomic E-state index is 0.0121. The monoisotopic (exact) mass is 252 g/mol. The molecule has 2 rings (SSSR count). The summed E-state index contributed by atoms with van der Waals surface area (Å²) in [5, 5.41) is 0. The highest BCUT2D eigenvalue weighted by molar-refractivity contribution is 7.16. The van der Waals surface area contributed by atoms with E-state index in [-0.39, 0.29) is 6.04 Å². The van der Waals surface area contributed by atoms with E-state index in [0.29, 0.717) is 0 Å². The number of halogens is 1. The summed E-state index contributed by atoms with van der Waals surface area (Å²) in [5.41, 5.74) is 5.20. The predicted molar refractivity (Wildman–Crippen MR) is 69.7 cm³/mol. The summed E-state index contributed by atoms with van der Waals surface area (Å²) in [6, 6.07) is 12.2. The van der Waals surface area contributed by atoms with Gasteiger partial charge in [-0.25, -0.2) is 5.43 Å². The van der Waals surface area contributed by atoms with Crippen molar-refractivity contribution in [3.05, 3.63) is 56.7 Å². The van der Waals surface area contributed by atoms with E-state index in [4.69, 9.17) is 17.4 Å². The number of thiophene rings is 1. The standard InChI is InChI=1S/C12H13ClN2S/c1-8-2-4-9(5-3-8)12(15-14)10-6-7-11(13)16-10/h2-7,12,15H,14H2,1H3. The molecular formula is C12H13ClN2S. The molecular weight excluding hydrogens is 240 g/mol. The molecule has 0 aliphatic rings. The average Bonchev–Trinajstić information content (AvgIpc) is 2.69. The quantitative estimate of drug-likeness (QED) is 0.650. The molecule has 0 aliphatic heterocycles. The molecule has 0 bridgehead atoms. The van der Waals surface area contributed by atoms with Gasteiger partial charge in [-0.1, -0.05) is 41.4 Å². The van der Waals surface area contributed by atoms with E-state index < -0.39 is 0 Å². The highest BCUT2D eigenvalue weighted by Gasteiger charge is 2.13.